The normalized spacial score (nSPS) is 11.3. The number of carbonyl (C=O) groups excluding carboxylic acids is 1. The third kappa shape index (κ3) is 3.67. The summed E-state index contributed by atoms with van der Waals surface area (Å²) in [6.45, 7) is 6.53. The van der Waals surface area contributed by atoms with Crippen molar-refractivity contribution in [1.29, 1.82) is 0 Å². The van der Waals surface area contributed by atoms with E-state index in [0.29, 0.717) is 18.0 Å². The molecule has 22 heavy (non-hydrogen) atoms. The Morgan fingerprint density at radius 1 is 1.32 bits per heavy atom. The molecule has 0 saturated heterocycles. The highest BCUT2D eigenvalue weighted by atomic mass is 16.5. The van der Waals surface area contributed by atoms with Gasteiger partial charge in [-0.25, -0.2) is 0 Å². The molecule has 2 rings (SSSR count). The van der Waals surface area contributed by atoms with Crippen LogP contribution in [0.25, 0.3) is 0 Å². The van der Waals surface area contributed by atoms with Crippen molar-refractivity contribution in [3.05, 3.63) is 47.3 Å². The van der Waals surface area contributed by atoms with E-state index >= 15 is 0 Å². The number of nitrogens with zero attached hydrogens (tertiary/aromatic N) is 2. The maximum Gasteiger partial charge on any atom is 0.276 e. The van der Waals surface area contributed by atoms with E-state index in [1.807, 2.05) is 45.0 Å². The first kappa shape index (κ1) is 16.1. The SMILES string of the molecule is COc1cccc(CN(C)C(=O)c2cc(C(C)(C)C)on2)c1. The van der Waals surface area contributed by atoms with Gasteiger partial charge in [-0.1, -0.05) is 38.1 Å². The van der Waals surface area contributed by atoms with Crippen LogP contribution in [0.1, 0.15) is 42.6 Å². The molecule has 118 valence electrons. The summed E-state index contributed by atoms with van der Waals surface area (Å²) in [6.07, 6.45) is 0. The van der Waals surface area contributed by atoms with Crippen LogP contribution in [0.5, 0.6) is 5.75 Å². The molecule has 2 aromatic rings. The summed E-state index contributed by atoms with van der Waals surface area (Å²) >= 11 is 0. The first-order valence-corrected chi connectivity index (χ1v) is 7.17. The van der Waals surface area contributed by atoms with Gasteiger partial charge in [-0.05, 0) is 17.7 Å². The Hall–Kier alpha value is -2.30. The van der Waals surface area contributed by atoms with E-state index in [0.717, 1.165) is 11.3 Å². The van der Waals surface area contributed by atoms with Crippen LogP contribution in [0.2, 0.25) is 0 Å². The van der Waals surface area contributed by atoms with E-state index < -0.39 is 0 Å². The third-order valence-electron chi connectivity index (χ3n) is 3.37. The Morgan fingerprint density at radius 3 is 2.64 bits per heavy atom. The van der Waals surface area contributed by atoms with Gasteiger partial charge in [0, 0.05) is 25.1 Å². The lowest BCUT2D eigenvalue weighted by Gasteiger charge is -2.16. The molecule has 0 aliphatic carbocycles. The zero-order chi connectivity index (χ0) is 16.3. The fourth-order valence-electron chi connectivity index (χ4n) is 2.04. The molecular weight excluding hydrogens is 280 g/mol. The number of hydrogen-bond acceptors (Lipinski definition) is 4. The smallest absolute Gasteiger partial charge is 0.276 e. The Labute approximate surface area is 130 Å². The highest BCUT2D eigenvalue weighted by Gasteiger charge is 2.23. The van der Waals surface area contributed by atoms with E-state index in [1.54, 1.807) is 25.1 Å². The van der Waals surface area contributed by atoms with Gasteiger partial charge in [-0.3, -0.25) is 4.79 Å². The minimum atomic E-state index is -0.170. The van der Waals surface area contributed by atoms with Crippen molar-refractivity contribution < 1.29 is 14.1 Å². The zero-order valence-electron chi connectivity index (χ0n) is 13.7. The van der Waals surface area contributed by atoms with Crippen LogP contribution in [0.3, 0.4) is 0 Å². The fraction of sp³-hybridized carbons (Fsp3) is 0.412. The molecule has 0 fully saturated rings. The van der Waals surface area contributed by atoms with Gasteiger partial charge in [0.1, 0.15) is 11.5 Å². The number of carbonyl (C=O) groups is 1. The van der Waals surface area contributed by atoms with Crippen LogP contribution in [-0.2, 0) is 12.0 Å². The first-order chi connectivity index (χ1) is 10.3. The summed E-state index contributed by atoms with van der Waals surface area (Å²) in [6, 6.07) is 9.35. The highest BCUT2D eigenvalue weighted by molar-refractivity contribution is 5.92. The molecule has 1 aromatic heterocycles. The fourth-order valence-corrected chi connectivity index (χ4v) is 2.04. The summed E-state index contributed by atoms with van der Waals surface area (Å²) in [5.41, 5.74) is 1.15. The van der Waals surface area contributed by atoms with Crippen LogP contribution < -0.4 is 4.74 Å². The summed E-state index contributed by atoms with van der Waals surface area (Å²) in [7, 11) is 3.37. The molecule has 0 saturated carbocycles. The van der Waals surface area contributed by atoms with Crippen molar-refractivity contribution in [2.75, 3.05) is 14.2 Å². The molecule has 1 heterocycles. The average molecular weight is 302 g/mol. The van der Waals surface area contributed by atoms with Gasteiger partial charge < -0.3 is 14.2 Å². The molecule has 0 N–H and O–H groups in total. The van der Waals surface area contributed by atoms with E-state index in [-0.39, 0.29) is 11.3 Å². The number of methoxy groups -OCH3 is 1. The van der Waals surface area contributed by atoms with Crippen LogP contribution >= 0.6 is 0 Å². The zero-order valence-corrected chi connectivity index (χ0v) is 13.7. The van der Waals surface area contributed by atoms with Gasteiger partial charge in [0.05, 0.1) is 7.11 Å². The summed E-state index contributed by atoms with van der Waals surface area (Å²) in [5.74, 6) is 1.31. The van der Waals surface area contributed by atoms with Crippen molar-refractivity contribution >= 4 is 5.91 Å². The van der Waals surface area contributed by atoms with Gasteiger partial charge in [0.15, 0.2) is 5.69 Å². The molecule has 0 radical (unpaired) electrons. The molecule has 0 bridgehead atoms. The number of ether oxygens (including phenoxy) is 1. The molecule has 5 nitrogen and oxygen atoms in total. The Bertz CT molecular complexity index is 656. The average Bonchev–Trinajstić information content (AvgIpc) is 2.96. The molecule has 0 atom stereocenters. The van der Waals surface area contributed by atoms with Crippen LogP contribution in [-0.4, -0.2) is 30.1 Å². The number of benzene rings is 1. The molecule has 0 unspecified atom stereocenters. The number of aromatic nitrogens is 1. The van der Waals surface area contributed by atoms with Gasteiger partial charge in [0.25, 0.3) is 5.91 Å². The second kappa shape index (κ2) is 6.22. The van der Waals surface area contributed by atoms with Gasteiger partial charge in [-0.15, -0.1) is 0 Å². The Kier molecular flexibility index (Phi) is 4.54. The van der Waals surface area contributed by atoms with Crippen molar-refractivity contribution in [1.82, 2.24) is 10.1 Å². The standard InChI is InChI=1S/C17H22N2O3/c1-17(2,3)15-10-14(18-22-15)16(20)19(4)11-12-7-6-8-13(9-12)21-5/h6-10H,11H2,1-5H3. The predicted octanol–water partition coefficient (Wildman–Crippen LogP) is 3.25. The summed E-state index contributed by atoms with van der Waals surface area (Å²) in [4.78, 5) is 14.0. The molecule has 0 aliphatic heterocycles. The number of rotatable bonds is 4. The maximum absolute atomic E-state index is 12.4. The quantitative estimate of drug-likeness (QED) is 0.870. The molecular formula is C17H22N2O3. The van der Waals surface area contributed by atoms with Crippen molar-refractivity contribution in [2.24, 2.45) is 0 Å². The van der Waals surface area contributed by atoms with Crippen LogP contribution in [0, 0.1) is 0 Å². The first-order valence-electron chi connectivity index (χ1n) is 7.17. The minimum Gasteiger partial charge on any atom is -0.497 e. The molecule has 0 spiro atoms. The lowest BCUT2D eigenvalue weighted by atomic mass is 9.93. The second-order valence-corrected chi connectivity index (χ2v) is 6.34. The van der Waals surface area contributed by atoms with Gasteiger partial charge in [-0.2, -0.15) is 0 Å². The van der Waals surface area contributed by atoms with Crippen LogP contribution in [0.4, 0.5) is 0 Å². The minimum absolute atomic E-state index is 0.165. The second-order valence-electron chi connectivity index (χ2n) is 6.34. The monoisotopic (exact) mass is 302 g/mol. The lowest BCUT2D eigenvalue weighted by molar-refractivity contribution is 0.0774. The molecule has 5 heteroatoms. The van der Waals surface area contributed by atoms with Crippen molar-refractivity contribution in [2.45, 2.75) is 32.7 Å². The summed E-state index contributed by atoms with van der Waals surface area (Å²) in [5, 5.41) is 3.89. The Balaban J connectivity index is 2.10. The molecule has 1 amide bonds. The van der Waals surface area contributed by atoms with Crippen molar-refractivity contribution in [3.8, 4) is 5.75 Å². The molecule has 0 aliphatic rings. The van der Waals surface area contributed by atoms with Gasteiger partial charge in [0.2, 0.25) is 0 Å². The topological polar surface area (TPSA) is 55.6 Å². The van der Waals surface area contributed by atoms with E-state index in [4.69, 9.17) is 9.26 Å². The maximum atomic E-state index is 12.4. The predicted molar refractivity (Wildman–Crippen MR) is 84.0 cm³/mol. The molecule has 1 aromatic carbocycles. The lowest BCUT2D eigenvalue weighted by Crippen LogP contribution is -2.26. The van der Waals surface area contributed by atoms with E-state index in [2.05, 4.69) is 5.16 Å². The number of hydrogen-bond donors (Lipinski definition) is 0. The van der Waals surface area contributed by atoms with E-state index in [9.17, 15) is 4.79 Å². The highest BCUT2D eigenvalue weighted by Crippen LogP contribution is 2.23. The number of amides is 1. The largest absolute Gasteiger partial charge is 0.497 e. The Morgan fingerprint density at radius 2 is 2.05 bits per heavy atom. The van der Waals surface area contributed by atoms with E-state index in [1.165, 1.54) is 0 Å². The van der Waals surface area contributed by atoms with Crippen molar-refractivity contribution in [3.63, 3.8) is 0 Å². The van der Waals surface area contributed by atoms with Crippen LogP contribution in [0.15, 0.2) is 34.9 Å². The van der Waals surface area contributed by atoms with Gasteiger partial charge >= 0.3 is 0 Å². The summed E-state index contributed by atoms with van der Waals surface area (Å²) < 4.78 is 10.5. The third-order valence-corrected chi connectivity index (χ3v) is 3.37.